The fourth-order valence-electron chi connectivity index (χ4n) is 2.40. The van der Waals surface area contributed by atoms with Crippen LogP contribution >= 0.6 is 22.7 Å². The Morgan fingerprint density at radius 3 is 2.57 bits per heavy atom. The van der Waals surface area contributed by atoms with Gasteiger partial charge in [0, 0.05) is 6.92 Å². The lowest BCUT2D eigenvalue weighted by atomic mass is 10.1. The van der Waals surface area contributed by atoms with Crippen LogP contribution in [0.15, 0.2) is 41.8 Å². The third-order valence-corrected chi connectivity index (χ3v) is 5.55. The Morgan fingerprint density at radius 1 is 1.25 bits per heavy atom. The van der Waals surface area contributed by atoms with Gasteiger partial charge in [-0.3, -0.25) is 4.79 Å². The highest BCUT2D eigenvalue weighted by atomic mass is 32.1. The lowest BCUT2D eigenvalue weighted by molar-refractivity contribution is -0.114. The van der Waals surface area contributed by atoms with Gasteiger partial charge in [0.25, 0.3) is 0 Å². The fourth-order valence-corrected chi connectivity index (χ4v) is 4.18. The van der Waals surface area contributed by atoms with E-state index in [2.05, 4.69) is 21.1 Å². The molecule has 0 radical (unpaired) electrons. The average molecular weight is 409 g/mol. The molecule has 0 unspecified atom stereocenters. The van der Waals surface area contributed by atoms with Crippen molar-refractivity contribution in [1.29, 1.82) is 5.26 Å². The standard InChI is InChI=1S/C20H15N3O3S2/c1-12(24)22-19-17(16-4-3-9-27-16)23-18(28-19)15(11-21)10-13-5-7-14(8-6-13)20(25)26-2/h3-10H,1-2H3,(H,22,24). The maximum absolute atomic E-state index is 11.5. The van der Waals surface area contributed by atoms with Gasteiger partial charge in [-0.2, -0.15) is 5.26 Å². The summed E-state index contributed by atoms with van der Waals surface area (Å²) in [5.41, 5.74) is 2.19. The normalized spacial score (nSPS) is 11.0. The van der Waals surface area contributed by atoms with Crippen LogP contribution in [0.1, 0.15) is 27.9 Å². The molecule has 2 aromatic heterocycles. The molecule has 140 valence electrons. The molecule has 1 amide bonds. The Labute approximate surface area is 169 Å². The molecule has 1 N–H and O–H groups in total. The highest BCUT2D eigenvalue weighted by molar-refractivity contribution is 7.18. The van der Waals surface area contributed by atoms with Gasteiger partial charge in [0.15, 0.2) is 0 Å². The lowest BCUT2D eigenvalue weighted by Gasteiger charge is -2.00. The summed E-state index contributed by atoms with van der Waals surface area (Å²) in [5, 5.41) is 15.4. The molecule has 2 heterocycles. The molecule has 0 bridgehead atoms. The second-order valence-electron chi connectivity index (χ2n) is 5.64. The number of anilines is 1. The first-order chi connectivity index (χ1) is 13.5. The number of hydrogen-bond acceptors (Lipinski definition) is 7. The number of nitrogens with zero attached hydrogens (tertiary/aromatic N) is 2. The Morgan fingerprint density at radius 2 is 2.00 bits per heavy atom. The molecule has 1 aromatic carbocycles. The zero-order valence-corrected chi connectivity index (χ0v) is 16.7. The topological polar surface area (TPSA) is 92.1 Å². The van der Waals surface area contributed by atoms with Crippen LogP contribution in [0.3, 0.4) is 0 Å². The van der Waals surface area contributed by atoms with E-state index in [9.17, 15) is 14.9 Å². The van der Waals surface area contributed by atoms with Crippen molar-refractivity contribution in [2.75, 3.05) is 12.4 Å². The second-order valence-corrected chi connectivity index (χ2v) is 7.59. The van der Waals surface area contributed by atoms with Gasteiger partial charge in [0.2, 0.25) is 5.91 Å². The Hall–Kier alpha value is -3.28. The quantitative estimate of drug-likeness (QED) is 0.488. The summed E-state index contributed by atoms with van der Waals surface area (Å²) in [6, 6.07) is 12.7. The maximum atomic E-state index is 11.5. The van der Waals surface area contributed by atoms with Gasteiger partial charge in [-0.25, -0.2) is 9.78 Å². The number of thiazole rings is 1. The van der Waals surface area contributed by atoms with E-state index in [-0.39, 0.29) is 5.91 Å². The number of hydrogen-bond donors (Lipinski definition) is 1. The van der Waals surface area contributed by atoms with Crippen LogP contribution < -0.4 is 5.32 Å². The fraction of sp³-hybridized carbons (Fsp3) is 0.100. The summed E-state index contributed by atoms with van der Waals surface area (Å²) in [6.07, 6.45) is 1.69. The monoisotopic (exact) mass is 409 g/mol. The Bertz CT molecular complexity index is 1080. The van der Waals surface area contributed by atoms with E-state index >= 15 is 0 Å². The first kappa shape index (κ1) is 19.5. The molecule has 28 heavy (non-hydrogen) atoms. The summed E-state index contributed by atoms with van der Waals surface area (Å²) < 4.78 is 4.68. The number of carbonyl (C=O) groups excluding carboxylic acids is 2. The number of allylic oxidation sites excluding steroid dienone is 1. The molecule has 0 aliphatic rings. The minimum Gasteiger partial charge on any atom is -0.465 e. The molecule has 0 aliphatic carbocycles. The maximum Gasteiger partial charge on any atom is 0.337 e. The number of rotatable bonds is 5. The first-order valence-electron chi connectivity index (χ1n) is 8.14. The molecule has 0 aliphatic heterocycles. The third-order valence-electron chi connectivity index (χ3n) is 3.66. The first-order valence-corrected chi connectivity index (χ1v) is 9.84. The highest BCUT2D eigenvalue weighted by Gasteiger charge is 2.17. The van der Waals surface area contributed by atoms with Crippen molar-refractivity contribution < 1.29 is 14.3 Å². The number of benzene rings is 1. The average Bonchev–Trinajstić information content (AvgIpc) is 3.35. The molecule has 0 fully saturated rings. The van der Waals surface area contributed by atoms with Crippen LogP contribution in [0.4, 0.5) is 5.00 Å². The van der Waals surface area contributed by atoms with Crippen LogP contribution in [0.2, 0.25) is 0 Å². The summed E-state index contributed by atoms with van der Waals surface area (Å²) in [4.78, 5) is 28.6. The van der Waals surface area contributed by atoms with Crippen molar-refractivity contribution in [2.45, 2.75) is 6.92 Å². The van der Waals surface area contributed by atoms with Crippen LogP contribution in [-0.2, 0) is 9.53 Å². The van der Waals surface area contributed by atoms with Crippen molar-refractivity contribution >= 4 is 51.2 Å². The summed E-state index contributed by atoms with van der Waals surface area (Å²) in [5.74, 6) is -0.620. The molecule has 0 saturated heterocycles. The molecular formula is C20H15N3O3S2. The van der Waals surface area contributed by atoms with Gasteiger partial charge in [-0.15, -0.1) is 11.3 Å². The molecule has 3 aromatic rings. The number of amides is 1. The predicted octanol–water partition coefficient (Wildman–Crippen LogP) is 4.68. The number of methoxy groups -OCH3 is 1. The molecular weight excluding hydrogens is 394 g/mol. The minimum absolute atomic E-state index is 0.200. The van der Waals surface area contributed by atoms with E-state index in [1.165, 1.54) is 36.7 Å². The molecule has 6 nitrogen and oxygen atoms in total. The number of esters is 1. The Kier molecular flexibility index (Phi) is 5.99. The van der Waals surface area contributed by atoms with Gasteiger partial charge >= 0.3 is 5.97 Å². The van der Waals surface area contributed by atoms with Crippen LogP contribution in [0.5, 0.6) is 0 Å². The van der Waals surface area contributed by atoms with E-state index in [4.69, 9.17) is 0 Å². The second kappa shape index (κ2) is 8.61. The largest absolute Gasteiger partial charge is 0.465 e. The van der Waals surface area contributed by atoms with Crippen LogP contribution in [0.25, 0.3) is 22.2 Å². The summed E-state index contributed by atoms with van der Waals surface area (Å²) >= 11 is 2.76. The van der Waals surface area contributed by atoms with Gasteiger partial charge < -0.3 is 10.1 Å². The van der Waals surface area contributed by atoms with E-state index in [0.717, 1.165) is 10.4 Å². The summed E-state index contributed by atoms with van der Waals surface area (Å²) in [7, 11) is 1.32. The minimum atomic E-state index is -0.420. The molecule has 3 rings (SSSR count). The zero-order chi connectivity index (χ0) is 20.1. The number of ether oxygens (including phenoxy) is 1. The van der Waals surface area contributed by atoms with Crippen molar-refractivity contribution in [3.8, 4) is 16.6 Å². The highest BCUT2D eigenvalue weighted by Crippen LogP contribution is 2.38. The number of nitrogens with one attached hydrogen (secondary N) is 1. The van der Waals surface area contributed by atoms with E-state index in [1.54, 1.807) is 30.3 Å². The SMILES string of the molecule is COC(=O)c1ccc(C=C(C#N)c2nc(-c3cccs3)c(NC(C)=O)s2)cc1. The smallest absolute Gasteiger partial charge is 0.337 e. The number of aromatic nitrogens is 1. The van der Waals surface area contributed by atoms with E-state index in [0.29, 0.717) is 26.8 Å². The molecule has 0 atom stereocenters. The van der Waals surface area contributed by atoms with Crippen molar-refractivity contribution in [1.82, 2.24) is 4.98 Å². The van der Waals surface area contributed by atoms with Gasteiger partial charge in [-0.1, -0.05) is 29.5 Å². The van der Waals surface area contributed by atoms with Crippen molar-refractivity contribution in [3.63, 3.8) is 0 Å². The zero-order valence-electron chi connectivity index (χ0n) is 15.1. The predicted molar refractivity (Wildman–Crippen MR) is 111 cm³/mol. The summed E-state index contributed by atoms with van der Waals surface area (Å²) in [6.45, 7) is 1.43. The third kappa shape index (κ3) is 4.34. The van der Waals surface area contributed by atoms with Gasteiger partial charge in [0.05, 0.1) is 23.1 Å². The van der Waals surface area contributed by atoms with Crippen molar-refractivity contribution in [2.24, 2.45) is 0 Å². The number of carbonyl (C=O) groups is 2. The number of nitriles is 1. The van der Waals surface area contributed by atoms with E-state index < -0.39 is 5.97 Å². The Balaban J connectivity index is 1.98. The lowest BCUT2D eigenvalue weighted by Crippen LogP contribution is -2.04. The van der Waals surface area contributed by atoms with Gasteiger partial charge in [0.1, 0.15) is 21.8 Å². The molecule has 0 spiro atoms. The molecule has 0 saturated carbocycles. The van der Waals surface area contributed by atoms with Crippen molar-refractivity contribution in [3.05, 3.63) is 57.9 Å². The van der Waals surface area contributed by atoms with Gasteiger partial charge in [-0.05, 0) is 35.2 Å². The number of thiophene rings is 1. The van der Waals surface area contributed by atoms with Crippen LogP contribution in [-0.4, -0.2) is 24.0 Å². The van der Waals surface area contributed by atoms with E-state index in [1.807, 2.05) is 17.5 Å². The van der Waals surface area contributed by atoms with Crippen LogP contribution in [0, 0.1) is 11.3 Å². The molecule has 8 heteroatoms.